The van der Waals surface area contributed by atoms with E-state index in [0.717, 1.165) is 0 Å². The van der Waals surface area contributed by atoms with E-state index in [2.05, 4.69) is 0 Å². The summed E-state index contributed by atoms with van der Waals surface area (Å²) in [5.41, 5.74) is 0. The number of alkyl halides is 4. The number of hydrogen-bond donors (Lipinski definition) is 0. The van der Waals surface area contributed by atoms with Crippen LogP contribution in [0.15, 0.2) is 0 Å². The van der Waals surface area contributed by atoms with E-state index in [1.807, 2.05) is 0 Å². The van der Waals surface area contributed by atoms with Crippen LogP contribution >= 0.6 is 15.9 Å². The molecule has 0 aromatic rings. The van der Waals surface area contributed by atoms with Crippen molar-refractivity contribution in [3.8, 4) is 0 Å². The van der Waals surface area contributed by atoms with E-state index >= 15 is 0 Å². The second-order valence-corrected chi connectivity index (χ2v) is 2.42. The Hall–Kier alpha value is -0.530. The Balaban J connectivity index is 5.01. The smallest absolute Gasteiger partial charge is 0.279 e. The van der Waals surface area contributed by atoms with Gasteiger partial charge in [-0.3, -0.25) is 9.59 Å². The molecule has 0 rings (SSSR count). The fourth-order valence-electron chi connectivity index (χ4n) is 0.247. The van der Waals surface area contributed by atoms with E-state index in [9.17, 15) is 31.5 Å². The van der Waals surface area contributed by atoms with E-state index in [1.54, 1.807) is 0 Å². The number of carbonyl (C=O) groups is 2. The lowest BCUT2D eigenvalue weighted by atomic mass is 10.2. The van der Waals surface area contributed by atoms with Gasteiger partial charge in [-0.1, -0.05) is 0 Å². The van der Waals surface area contributed by atoms with Gasteiger partial charge < -0.3 is 0 Å². The van der Waals surface area contributed by atoms with Crippen LogP contribution < -0.4 is 0 Å². The standard InChI is InChI=1S/C4BrF5O2/c5-1(11)3(7,8)4(9,10)2(6)12. The van der Waals surface area contributed by atoms with Crippen molar-refractivity contribution in [3.05, 3.63) is 0 Å². The predicted molar refractivity (Wildman–Crippen MR) is 29.9 cm³/mol. The third-order valence-corrected chi connectivity index (χ3v) is 1.39. The summed E-state index contributed by atoms with van der Waals surface area (Å²) >= 11 is 1.51. The van der Waals surface area contributed by atoms with Crippen LogP contribution in [0.5, 0.6) is 0 Å². The number of carbonyl (C=O) groups excluding carboxylic acids is 2. The molecule has 70 valence electrons. The van der Waals surface area contributed by atoms with Crippen LogP contribution in [0, 0.1) is 0 Å². The molecule has 0 aliphatic rings. The molecule has 0 aromatic carbocycles. The molecule has 0 spiro atoms. The van der Waals surface area contributed by atoms with Gasteiger partial charge in [0.15, 0.2) is 0 Å². The summed E-state index contributed by atoms with van der Waals surface area (Å²) in [4.78, 5) is 19.1. The normalized spacial score (nSPS) is 12.8. The highest BCUT2D eigenvalue weighted by Gasteiger charge is 2.66. The van der Waals surface area contributed by atoms with Crippen LogP contribution in [-0.4, -0.2) is 22.6 Å². The van der Waals surface area contributed by atoms with Gasteiger partial charge in [-0.2, -0.15) is 22.0 Å². The van der Waals surface area contributed by atoms with Gasteiger partial charge in [0, 0.05) is 0 Å². The molecular formula is C4BrF5O2. The third-order valence-electron chi connectivity index (χ3n) is 0.888. The molecule has 0 aliphatic carbocycles. The van der Waals surface area contributed by atoms with Gasteiger partial charge in [-0.25, -0.2) is 0 Å². The Morgan fingerprint density at radius 2 is 1.33 bits per heavy atom. The van der Waals surface area contributed by atoms with Crippen molar-refractivity contribution in [2.75, 3.05) is 0 Å². The predicted octanol–water partition coefficient (Wildman–Crippen LogP) is 1.67. The molecule has 0 saturated heterocycles. The molecule has 0 unspecified atom stereocenters. The van der Waals surface area contributed by atoms with Crippen LogP contribution in [0.4, 0.5) is 22.0 Å². The minimum atomic E-state index is -5.62. The summed E-state index contributed by atoms with van der Waals surface area (Å²) in [5, 5.41) is 0. The van der Waals surface area contributed by atoms with Crippen LogP contribution in [0.25, 0.3) is 0 Å². The summed E-state index contributed by atoms with van der Waals surface area (Å²) in [5.74, 6) is -11.0. The van der Waals surface area contributed by atoms with Crippen molar-refractivity contribution in [2.45, 2.75) is 11.8 Å². The van der Waals surface area contributed by atoms with E-state index in [1.165, 1.54) is 15.9 Å². The third kappa shape index (κ3) is 1.62. The van der Waals surface area contributed by atoms with Crippen LogP contribution in [-0.2, 0) is 9.59 Å². The number of hydrogen-bond acceptors (Lipinski definition) is 2. The Labute approximate surface area is 70.9 Å². The van der Waals surface area contributed by atoms with E-state index in [-0.39, 0.29) is 0 Å². The fraction of sp³-hybridized carbons (Fsp3) is 0.500. The van der Waals surface area contributed by atoms with Crippen molar-refractivity contribution in [2.24, 2.45) is 0 Å². The molecule has 0 radical (unpaired) electrons. The molecule has 0 N–H and O–H groups in total. The van der Waals surface area contributed by atoms with E-state index in [4.69, 9.17) is 0 Å². The first-order valence-corrected chi connectivity index (χ1v) is 3.09. The molecule has 12 heavy (non-hydrogen) atoms. The fourth-order valence-corrected chi connectivity index (χ4v) is 0.496. The SMILES string of the molecule is O=C(F)C(F)(F)C(F)(F)C(=O)Br. The van der Waals surface area contributed by atoms with Gasteiger partial charge in [-0.05, 0) is 15.9 Å². The Morgan fingerprint density at radius 3 is 1.42 bits per heavy atom. The molecule has 0 amide bonds. The maximum atomic E-state index is 12.0. The monoisotopic (exact) mass is 254 g/mol. The highest BCUT2D eigenvalue weighted by molar-refractivity contribution is 9.18. The first-order valence-electron chi connectivity index (χ1n) is 2.29. The summed E-state index contributed by atoms with van der Waals surface area (Å²) in [6, 6.07) is -3.56. The zero-order valence-corrected chi connectivity index (χ0v) is 6.67. The van der Waals surface area contributed by atoms with Crippen molar-refractivity contribution >= 4 is 26.7 Å². The molecular weight excluding hydrogens is 255 g/mol. The van der Waals surface area contributed by atoms with Crippen LogP contribution in [0.2, 0.25) is 0 Å². The molecule has 2 nitrogen and oxygen atoms in total. The van der Waals surface area contributed by atoms with Gasteiger partial charge in [0.05, 0.1) is 0 Å². The Kier molecular flexibility index (Phi) is 2.94. The topological polar surface area (TPSA) is 34.1 Å². The molecule has 0 atom stereocenters. The number of halogens is 6. The Morgan fingerprint density at radius 1 is 1.00 bits per heavy atom. The summed E-state index contributed by atoms with van der Waals surface area (Å²) in [6.07, 6.45) is 0. The van der Waals surface area contributed by atoms with Gasteiger partial charge in [0.25, 0.3) is 4.69 Å². The highest BCUT2D eigenvalue weighted by atomic mass is 79.9. The molecule has 0 bridgehead atoms. The van der Waals surface area contributed by atoms with Crippen molar-refractivity contribution < 1.29 is 31.5 Å². The molecule has 0 aromatic heterocycles. The first-order chi connectivity index (χ1) is 5.14. The Bertz CT molecular complexity index is 201. The van der Waals surface area contributed by atoms with E-state index in [0.29, 0.717) is 0 Å². The highest BCUT2D eigenvalue weighted by Crippen LogP contribution is 2.37. The zero-order chi connectivity index (χ0) is 10.2. The quantitative estimate of drug-likeness (QED) is 0.567. The lowest BCUT2D eigenvalue weighted by Crippen LogP contribution is -2.49. The summed E-state index contributed by atoms with van der Waals surface area (Å²) in [6.45, 7) is 0. The molecule has 0 heterocycles. The van der Waals surface area contributed by atoms with Gasteiger partial charge >= 0.3 is 17.9 Å². The summed E-state index contributed by atoms with van der Waals surface area (Å²) < 4.78 is 56.5. The van der Waals surface area contributed by atoms with Crippen LogP contribution in [0.1, 0.15) is 0 Å². The zero-order valence-electron chi connectivity index (χ0n) is 5.08. The van der Waals surface area contributed by atoms with Crippen molar-refractivity contribution in [1.82, 2.24) is 0 Å². The average Bonchev–Trinajstić information content (AvgIpc) is 1.86. The largest absolute Gasteiger partial charge is 0.406 e. The van der Waals surface area contributed by atoms with Gasteiger partial charge in [0.1, 0.15) is 0 Å². The molecule has 8 heteroatoms. The maximum Gasteiger partial charge on any atom is 0.406 e. The minimum absolute atomic E-state index is 1.51. The second-order valence-electron chi connectivity index (χ2n) is 1.70. The minimum Gasteiger partial charge on any atom is -0.279 e. The summed E-state index contributed by atoms with van der Waals surface area (Å²) in [7, 11) is 0. The lowest BCUT2D eigenvalue weighted by Gasteiger charge is -2.18. The van der Waals surface area contributed by atoms with E-state index < -0.39 is 22.6 Å². The lowest BCUT2D eigenvalue weighted by molar-refractivity contribution is -0.210. The van der Waals surface area contributed by atoms with Crippen molar-refractivity contribution in [1.29, 1.82) is 0 Å². The maximum absolute atomic E-state index is 12.0. The molecule has 0 fully saturated rings. The first kappa shape index (κ1) is 11.5. The number of rotatable bonds is 3. The van der Waals surface area contributed by atoms with Gasteiger partial charge in [0.2, 0.25) is 0 Å². The molecule has 0 aliphatic heterocycles. The van der Waals surface area contributed by atoms with Crippen LogP contribution in [0.3, 0.4) is 0 Å². The average molecular weight is 255 g/mol. The van der Waals surface area contributed by atoms with Crippen molar-refractivity contribution in [3.63, 3.8) is 0 Å². The van der Waals surface area contributed by atoms with Gasteiger partial charge in [-0.15, -0.1) is 0 Å². The molecule has 0 saturated carbocycles. The second kappa shape index (κ2) is 3.08.